The predicted molar refractivity (Wildman–Crippen MR) is 91.7 cm³/mol. The number of hydrogen-bond donors (Lipinski definition) is 1. The highest BCUT2D eigenvalue weighted by Gasteiger charge is 2.11. The van der Waals surface area contributed by atoms with Crippen LogP contribution in [0.1, 0.15) is 28.7 Å². The number of hydrogen-bond acceptors (Lipinski definition) is 6. The van der Waals surface area contributed by atoms with Gasteiger partial charge in [0.15, 0.2) is 5.82 Å². The van der Waals surface area contributed by atoms with Crippen molar-refractivity contribution in [2.45, 2.75) is 27.2 Å². The topological polar surface area (TPSA) is 50.2 Å². The van der Waals surface area contributed by atoms with Gasteiger partial charge in [0.05, 0.1) is 16.0 Å². The number of aromatic nitrogens is 2. The van der Waals surface area contributed by atoms with Crippen molar-refractivity contribution in [2.75, 3.05) is 5.43 Å². The van der Waals surface area contributed by atoms with Crippen LogP contribution in [0.15, 0.2) is 28.9 Å². The fourth-order valence-electron chi connectivity index (χ4n) is 2.14. The van der Waals surface area contributed by atoms with Gasteiger partial charge < -0.3 is 0 Å². The number of nitrogens with zero attached hydrogens (tertiary/aromatic N) is 3. The molecule has 0 spiro atoms. The lowest BCUT2D eigenvalue weighted by molar-refractivity contribution is 1.16. The summed E-state index contributed by atoms with van der Waals surface area (Å²) >= 11 is 3.39. The first-order valence-corrected chi connectivity index (χ1v) is 8.47. The fourth-order valence-corrected chi connectivity index (χ4v) is 3.92. The summed E-state index contributed by atoms with van der Waals surface area (Å²) in [6, 6.07) is 4.13. The van der Waals surface area contributed by atoms with Crippen LogP contribution in [0.3, 0.4) is 0 Å². The van der Waals surface area contributed by atoms with Crippen molar-refractivity contribution in [3.8, 4) is 0 Å². The van der Waals surface area contributed by atoms with Crippen molar-refractivity contribution in [1.82, 2.24) is 9.97 Å². The van der Waals surface area contributed by atoms with Crippen LogP contribution in [0.4, 0.5) is 5.82 Å². The molecular formula is C15H16N4S2. The lowest BCUT2D eigenvalue weighted by Gasteiger charge is -2.05. The van der Waals surface area contributed by atoms with Crippen LogP contribution < -0.4 is 5.43 Å². The maximum atomic E-state index is 4.55. The average molecular weight is 316 g/mol. The molecule has 0 bridgehead atoms. The Morgan fingerprint density at radius 3 is 2.90 bits per heavy atom. The Bertz CT molecular complexity index is 787. The molecule has 3 aromatic heterocycles. The van der Waals surface area contributed by atoms with E-state index in [1.165, 1.54) is 15.3 Å². The van der Waals surface area contributed by atoms with E-state index in [9.17, 15) is 0 Å². The quantitative estimate of drug-likeness (QED) is 0.565. The van der Waals surface area contributed by atoms with Crippen molar-refractivity contribution in [3.63, 3.8) is 0 Å². The molecule has 0 aliphatic heterocycles. The molecule has 0 unspecified atom stereocenters. The van der Waals surface area contributed by atoms with Gasteiger partial charge in [0.1, 0.15) is 11.2 Å². The summed E-state index contributed by atoms with van der Waals surface area (Å²) in [7, 11) is 0. The third-order valence-electron chi connectivity index (χ3n) is 3.40. The molecule has 3 aromatic rings. The van der Waals surface area contributed by atoms with Crippen LogP contribution in [0.2, 0.25) is 0 Å². The maximum Gasteiger partial charge on any atom is 0.158 e. The summed E-state index contributed by atoms with van der Waals surface area (Å²) in [6.45, 7) is 6.32. The Morgan fingerprint density at radius 1 is 1.33 bits per heavy atom. The molecular weight excluding hydrogens is 300 g/mol. The van der Waals surface area contributed by atoms with E-state index in [1.54, 1.807) is 29.0 Å². The van der Waals surface area contributed by atoms with Crippen LogP contribution in [-0.2, 0) is 0 Å². The van der Waals surface area contributed by atoms with Crippen molar-refractivity contribution in [1.29, 1.82) is 0 Å². The Morgan fingerprint density at radius 2 is 2.19 bits per heavy atom. The van der Waals surface area contributed by atoms with E-state index in [4.69, 9.17) is 0 Å². The molecule has 1 N–H and O–H groups in total. The van der Waals surface area contributed by atoms with Gasteiger partial charge in [-0.2, -0.15) is 5.10 Å². The second-order valence-corrected chi connectivity index (χ2v) is 6.84. The first kappa shape index (κ1) is 14.2. The second-order valence-electron chi connectivity index (χ2n) is 4.69. The zero-order chi connectivity index (χ0) is 14.8. The van der Waals surface area contributed by atoms with Crippen LogP contribution in [0.25, 0.3) is 10.2 Å². The predicted octanol–water partition coefficient (Wildman–Crippen LogP) is 4.60. The highest BCUT2D eigenvalue weighted by atomic mass is 32.1. The molecule has 0 aliphatic carbocycles. The maximum absolute atomic E-state index is 4.55. The number of aryl methyl sites for hydroxylation is 2. The second kappa shape index (κ2) is 5.91. The molecule has 0 amide bonds. The van der Waals surface area contributed by atoms with Gasteiger partial charge in [0, 0.05) is 4.88 Å². The molecule has 0 aliphatic rings. The molecule has 0 fully saturated rings. The van der Waals surface area contributed by atoms with Gasteiger partial charge in [-0.05, 0) is 37.3 Å². The van der Waals surface area contributed by atoms with Gasteiger partial charge in [0.25, 0.3) is 0 Å². The van der Waals surface area contributed by atoms with Gasteiger partial charge in [-0.25, -0.2) is 9.97 Å². The Kier molecular flexibility index (Phi) is 3.98. The molecule has 108 valence electrons. The van der Waals surface area contributed by atoms with Crippen LogP contribution >= 0.6 is 22.7 Å². The van der Waals surface area contributed by atoms with Gasteiger partial charge >= 0.3 is 0 Å². The molecule has 0 saturated heterocycles. The Balaban J connectivity index is 1.98. The molecule has 4 nitrogen and oxygen atoms in total. The van der Waals surface area contributed by atoms with E-state index in [-0.39, 0.29) is 0 Å². The first-order valence-electron chi connectivity index (χ1n) is 6.77. The highest BCUT2D eigenvalue weighted by molar-refractivity contribution is 7.18. The lowest BCUT2D eigenvalue weighted by atomic mass is 10.2. The lowest BCUT2D eigenvalue weighted by Crippen LogP contribution is -2.02. The summed E-state index contributed by atoms with van der Waals surface area (Å²) in [5.74, 6) is 0.782. The summed E-state index contributed by atoms with van der Waals surface area (Å²) in [6.07, 6.45) is 2.47. The number of hydrazone groups is 1. The Hall–Kier alpha value is -1.79. The van der Waals surface area contributed by atoms with E-state index in [2.05, 4.69) is 52.7 Å². The summed E-state index contributed by atoms with van der Waals surface area (Å²) < 4.78 is 0. The SMILES string of the molecule is CC/C(=N/Nc1ncnc2sc(C)c(C)c12)c1cccs1. The molecule has 6 heteroatoms. The average Bonchev–Trinajstić information content (AvgIpc) is 3.10. The third-order valence-corrected chi connectivity index (χ3v) is 5.44. The summed E-state index contributed by atoms with van der Waals surface area (Å²) in [5, 5.41) is 7.69. The monoisotopic (exact) mass is 316 g/mol. The van der Waals surface area contributed by atoms with E-state index in [1.807, 2.05) is 6.07 Å². The molecule has 3 heterocycles. The minimum absolute atomic E-state index is 0.782. The van der Waals surface area contributed by atoms with Gasteiger partial charge in [-0.3, -0.25) is 5.43 Å². The molecule has 3 rings (SSSR count). The van der Waals surface area contributed by atoms with Gasteiger partial charge in [0.2, 0.25) is 0 Å². The fraction of sp³-hybridized carbons (Fsp3) is 0.267. The van der Waals surface area contributed by atoms with E-state index in [0.717, 1.165) is 28.2 Å². The standard InChI is InChI=1S/C15H16N4S2/c1-4-11(12-6-5-7-20-12)18-19-14-13-9(2)10(3)21-15(13)17-8-16-14/h5-8H,4H2,1-3H3,(H,16,17,19)/b18-11-. The smallest absolute Gasteiger partial charge is 0.158 e. The van der Waals surface area contributed by atoms with E-state index < -0.39 is 0 Å². The first-order chi connectivity index (χ1) is 10.2. The Labute approximate surface area is 131 Å². The molecule has 0 saturated carbocycles. The summed E-state index contributed by atoms with van der Waals surface area (Å²) in [4.78, 5) is 12.2. The third kappa shape index (κ3) is 2.69. The molecule has 0 radical (unpaired) electrons. The minimum Gasteiger partial charge on any atom is -0.260 e. The number of anilines is 1. The zero-order valence-electron chi connectivity index (χ0n) is 12.2. The van der Waals surface area contributed by atoms with Crippen LogP contribution in [0.5, 0.6) is 0 Å². The van der Waals surface area contributed by atoms with Crippen molar-refractivity contribution < 1.29 is 0 Å². The van der Waals surface area contributed by atoms with Gasteiger partial charge in [-0.1, -0.05) is 13.0 Å². The normalized spacial score (nSPS) is 12.0. The van der Waals surface area contributed by atoms with Crippen LogP contribution in [0, 0.1) is 13.8 Å². The minimum atomic E-state index is 0.782. The molecule has 0 atom stereocenters. The van der Waals surface area contributed by atoms with Crippen molar-refractivity contribution >= 4 is 44.4 Å². The van der Waals surface area contributed by atoms with Gasteiger partial charge in [-0.15, -0.1) is 22.7 Å². The summed E-state index contributed by atoms with van der Waals surface area (Å²) in [5.41, 5.74) is 5.40. The highest BCUT2D eigenvalue weighted by Crippen LogP contribution is 2.32. The molecule has 0 aromatic carbocycles. The van der Waals surface area contributed by atoms with Crippen molar-refractivity contribution in [3.05, 3.63) is 39.2 Å². The van der Waals surface area contributed by atoms with Crippen LogP contribution in [-0.4, -0.2) is 15.7 Å². The van der Waals surface area contributed by atoms with E-state index >= 15 is 0 Å². The zero-order valence-corrected chi connectivity index (χ0v) is 13.8. The largest absolute Gasteiger partial charge is 0.260 e. The number of thiophene rings is 2. The van der Waals surface area contributed by atoms with Crippen molar-refractivity contribution in [2.24, 2.45) is 5.10 Å². The molecule has 21 heavy (non-hydrogen) atoms. The number of nitrogens with one attached hydrogen (secondary N) is 1. The number of rotatable bonds is 4. The number of fused-ring (bicyclic) bond motifs is 1. The van der Waals surface area contributed by atoms with E-state index in [0.29, 0.717) is 0 Å².